The van der Waals surface area contributed by atoms with Crippen molar-refractivity contribution < 1.29 is 8.78 Å². The highest BCUT2D eigenvalue weighted by molar-refractivity contribution is 7.80. The topological polar surface area (TPSA) is 30.2 Å². The number of rotatable bonds is 2. The molecular weight excluding hydrogens is 347 g/mol. The number of thiol groups is 1. The van der Waals surface area contributed by atoms with E-state index in [2.05, 4.69) is 22.6 Å². The smallest absolute Gasteiger partial charge is 0.274 e. The maximum Gasteiger partial charge on any atom is 0.274 e. The van der Waals surface area contributed by atoms with Gasteiger partial charge >= 0.3 is 0 Å². The number of hydrogen-bond donors (Lipinski definition) is 1. The van der Waals surface area contributed by atoms with Crippen molar-refractivity contribution >= 4 is 52.7 Å². The van der Waals surface area contributed by atoms with Gasteiger partial charge in [-0.2, -0.15) is 0 Å². The first-order valence-electron chi connectivity index (χ1n) is 5.27. The molecule has 0 saturated carbocycles. The third kappa shape index (κ3) is 2.28. The van der Waals surface area contributed by atoms with Gasteiger partial charge in [0.25, 0.3) is 6.43 Å². The van der Waals surface area contributed by atoms with Crippen molar-refractivity contribution in [2.45, 2.75) is 11.3 Å². The molecule has 3 nitrogen and oxygen atoms in total. The van der Waals surface area contributed by atoms with Gasteiger partial charge in [-0.3, -0.25) is 4.40 Å². The average molecular weight is 352 g/mol. The minimum atomic E-state index is -2.56. The summed E-state index contributed by atoms with van der Waals surface area (Å²) in [5, 5.41) is 0.913. The summed E-state index contributed by atoms with van der Waals surface area (Å²) in [5.74, 6) is 0.361. The molecule has 20 heavy (non-hydrogen) atoms. The molecule has 0 saturated heterocycles. The second kappa shape index (κ2) is 5.14. The number of alkyl halides is 2. The standard InChI is InChI=1S/C11H5Cl2F2N3S2/c12-5-1-4(19)3-18-7(5)8(13)17-10(18)11-16-2-6(20-11)9(14)15/h1-3,9,19H. The van der Waals surface area contributed by atoms with E-state index in [0.29, 0.717) is 26.3 Å². The molecular formula is C11H5Cl2F2N3S2. The molecule has 0 aliphatic rings. The van der Waals surface area contributed by atoms with Gasteiger partial charge in [-0.05, 0) is 6.07 Å². The molecule has 0 atom stereocenters. The Morgan fingerprint density at radius 1 is 1.35 bits per heavy atom. The molecule has 3 aromatic rings. The highest BCUT2D eigenvalue weighted by Crippen LogP contribution is 2.35. The summed E-state index contributed by atoms with van der Waals surface area (Å²) in [6, 6.07) is 1.63. The maximum atomic E-state index is 12.6. The Morgan fingerprint density at radius 2 is 2.10 bits per heavy atom. The third-order valence-corrected chi connectivity index (χ3v) is 4.36. The molecule has 104 valence electrons. The Bertz CT molecular complexity index is 800. The number of halogens is 4. The molecule has 0 aromatic carbocycles. The molecule has 0 amide bonds. The molecule has 3 heterocycles. The van der Waals surface area contributed by atoms with E-state index in [9.17, 15) is 8.78 Å². The number of pyridine rings is 1. The van der Waals surface area contributed by atoms with E-state index in [0.717, 1.165) is 17.5 Å². The van der Waals surface area contributed by atoms with Crippen molar-refractivity contribution in [3.8, 4) is 10.8 Å². The molecule has 0 unspecified atom stereocenters. The maximum absolute atomic E-state index is 12.6. The zero-order valence-electron chi connectivity index (χ0n) is 9.52. The fourth-order valence-electron chi connectivity index (χ4n) is 1.75. The van der Waals surface area contributed by atoms with Crippen LogP contribution in [0.1, 0.15) is 11.3 Å². The Morgan fingerprint density at radius 3 is 2.75 bits per heavy atom. The van der Waals surface area contributed by atoms with Crippen LogP contribution in [0.3, 0.4) is 0 Å². The van der Waals surface area contributed by atoms with Gasteiger partial charge in [-0.15, -0.1) is 24.0 Å². The van der Waals surface area contributed by atoms with Crippen LogP contribution in [0.25, 0.3) is 16.3 Å². The minimum Gasteiger partial charge on any atom is -0.294 e. The van der Waals surface area contributed by atoms with Gasteiger partial charge in [-0.25, -0.2) is 18.7 Å². The van der Waals surface area contributed by atoms with Crippen LogP contribution >= 0.6 is 47.2 Å². The van der Waals surface area contributed by atoms with Crippen LogP contribution in [0.15, 0.2) is 23.4 Å². The van der Waals surface area contributed by atoms with Crippen LogP contribution in [0.2, 0.25) is 10.2 Å². The van der Waals surface area contributed by atoms with E-state index in [1.807, 2.05) is 0 Å². The van der Waals surface area contributed by atoms with Crippen LogP contribution in [-0.4, -0.2) is 14.4 Å². The first kappa shape index (κ1) is 14.1. The van der Waals surface area contributed by atoms with E-state index < -0.39 is 6.43 Å². The molecule has 0 aliphatic carbocycles. The van der Waals surface area contributed by atoms with E-state index in [1.54, 1.807) is 16.7 Å². The molecule has 0 N–H and O–H groups in total. The molecule has 0 radical (unpaired) electrons. The molecule has 3 aromatic heterocycles. The van der Waals surface area contributed by atoms with Crippen LogP contribution in [0, 0.1) is 0 Å². The summed E-state index contributed by atoms with van der Waals surface area (Å²) in [6.45, 7) is 0. The lowest BCUT2D eigenvalue weighted by atomic mass is 10.4. The summed E-state index contributed by atoms with van der Waals surface area (Å²) in [5.41, 5.74) is 0.495. The number of fused-ring (bicyclic) bond motifs is 1. The molecule has 0 aliphatic heterocycles. The molecule has 0 fully saturated rings. The average Bonchev–Trinajstić information content (AvgIpc) is 2.94. The van der Waals surface area contributed by atoms with Crippen molar-refractivity contribution in [2.75, 3.05) is 0 Å². The normalized spacial score (nSPS) is 11.7. The number of nitrogens with zero attached hydrogens (tertiary/aromatic N) is 3. The van der Waals surface area contributed by atoms with Crippen LogP contribution in [0.4, 0.5) is 8.78 Å². The Balaban J connectivity index is 2.25. The summed E-state index contributed by atoms with van der Waals surface area (Å²) < 4.78 is 26.9. The number of imidazole rings is 1. The predicted molar refractivity (Wildman–Crippen MR) is 78.5 cm³/mol. The van der Waals surface area contributed by atoms with Crippen molar-refractivity contribution in [3.63, 3.8) is 0 Å². The van der Waals surface area contributed by atoms with Gasteiger partial charge < -0.3 is 0 Å². The van der Waals surface area contributed by atoms with Crippen molar-refractivity contribution in [1.29, 1.82) is 0 Å². The van der Waals surface area contributed by atoms with E-state index in [-0.39, 0.29) is 10.0 Å². The van der Waals surface area contributed by atoms with Gasteiger partial charge in [0.2, 0.25) is 0 Å². The monoisotopic (exact) mass is 351 g/mol. The summed E-state index contributed by atoms with van der Waals surface area (Å²) in [4.78, 5) is 8.58. The SMILES string of the molecule is FC(F)c1cnc(-c2nc(Cl)c3c(Cl)cc(S)cn23)s1. The van der Waals surface area contributed by atoms with Gasteiger partial charge in [-0.1, -0.05) is 23.2 Å². The van der Waals surface area contributed by atoms with Crippen molar-refractivity contribution in [1.82, 2.24) is 14.4 Å². The van der Waals surface area contributed by atoms with Gasteiger partial charge in [0.05, 0.1) is 9.90 Å². The predicted octanol–water partition coefficient (Wildman–Crippen LogP) is 4.99. The van der Waals surface area contributed by atoms with Crippen LogP contribution in [0.5, 0.6) is 0 Å². The highest BCUT2D eigenvalue weighted by Gasteiger charge is 2.19. The largest absolute Gasteiger partial charge is 0.294 e. The van der Waals surface area contributed by atoms with Gasteiger partial charge in [0, 0.05) is 17.3 Å². The van der Waals surface area contributed by atoms with E-state index >= 15 is 0 Å². The summed E-state index contributed by atoms with van der Waals surface area (Å²) >= 11 is 17.2. The lowest BCUT2D eigenvalue weighted by molar-refractivity contribution is 0.155. The van der Waals surface area contributed by atoms with Crippen LogP contribution in [-0.2, 0) is 0 Å². The van der Waals surface area contributed by atoms with E-state index in [4.69, 9.17) is 23.2 Å². The molecule has 3 rings (SSSR count). The number of hydrogen-bond acceptors (Lipinski definition) is 4. The molecule has 0 spiro atoms. The fourth-order valence-corrected chi connectivity index (χ4v) is 3.45. The minimum absolute atomic E-state index is 0.124. The lowest BCUT2D eigenvalue weighted by Crippen LogP contribution is -1.89. The fraction of sp³-hybridized carbons (Fsp3) is 0.0909. The zero-order chi connectivity index (χ0) is 14.4. The zero-order valence-corrected chi connectivity index (χ0v) is 12.7. The molecule has 9 heteroatoms. The number of thiazole rings is 1. The second-order valence-corrected chi connectivity index (χ2v) is 6.20. The second-order valence-electron chi connectivity index (χ2n) is 3.86. The quantitative estimate of drug-likeness (QED) is 0.659. The van der Waals surface area contributed by atoms with Gasteiger partial charge in [0.15, 0.2) is 16.0 Å². The van der Waals surface area contributed by atoms with Crippen LogP contribution < -0.4 is 0 Å². The van der Waals surface area contributed by atoms with Crippen molar-refractivity contribution in [2.24, 2.45) is 0 Å². The lowest BCUT2D eigenvalue weighted by Gasteiger charge is -2.01. The van der Waals surface area contributed by atoms with Crippen molar-refractivity contribution in [3.05, 3.63) is 33.5 Å². The Hall–Kier alpha value is -0.890. The first-order chi connectivity index (χ1) is 9.47. The summed E-state index contributed by atoms with van der Waals surface area (Å²) in [7, 11) is 0. The first-order valence-corrected chi connectivity index (χ1v) is 7.29. The Kier molecular flexibility index (Phi) is 3.62. The Labute approximate surface area is 131 Å². The summed E-state index contributed by atoms with van der Waals surface area (Å²) in [6.07, 6.45) is 0.223. The van der Waals surface area contributed by atoms with Gasteiger partial charge in [0.1, 0.15) is 5.52 Å². The van der Waals surface area contributed by atoms with E-state index in [1.165, 1.54) is 0 Å². The third-order valence-electron chi connectivity index (χ3n) is 2.56. The molecule has 0 bridgehead atoms. The highest BCUT2D eigenvalue weighted by atomic mass is 35.5. The number of aromatic nitrogens is 3.